The first kappa shape index (κ1) is 23.0. The summed E-state index contributed by atoms with van der Waals surface area (Å²) in [6.45, 7) is 3.29. The van der Waals surface area contributed by atoms with Gasteiger partial charge in [-0.05, 0) is 63.3 Å². The molecule has 1 N–H and O–H groups in total. The van der Waals surface area contributed by atoms with Crippen molar-refractivity contribution in [1.82, 2.24) is 14.9 Å². The Labute approximate surface area is 191 Å². The molecule has 0 spiro atoms. The predicted octanol–water partition coefficient (Wildman–Crippen LogP) is 5.45. The molecule has 0 bridgehead atoms. The summed E-state index contributed by atoms with van der Waals surface area (Å²) in [5.74, 6) is -0.612. The Morgan fingerprint density at radius 1 is 1.10 bits per heavy atom. The molecule has 2 heterocycles. The first-order valence-electron chi connectivity index (χ1n) is 9.70. The topological polar surface area (TPSA) is 75.5 Å². The van der Waals surface area contributed by atoms with E-state index in [1.807, 2.05) is 21.0 Å². The molecule has 0 radical (unpaired) electrons. The number of ether oxygens (including phenoxy) is 1. The second-order valence-corrected chi connectivity index (χ2v) is 8.21. The van der Waals surface area contributed by atoms with Gasteiger partial charge in [0.15, 0.2) is 0 Å². The summed E-state index contributed by atoms with van der Waals surface area (Å²) in [5.41, 5.74) is 3.08. The van der Waals surface area contributed by atoms with E-state index in [9.17, 15) is 9.90 Å². The highest BCUT2D eigenvalue weighted by Gasteiger charge is 2.18. The number of benzene rings is 1. The third-order valence-electron chi connectivity index (χ3n) is 4.56. The molecule has 162 valence electrons. The molecule has 0 aliphatic carbocycles. The van der Waals surface area contributed by atoms with Gasteiger partial charge < -0.3 is 14.7 Å². The molecule has 0 fully saturated rings. The molecule has 8 heteroatoms. The number of carboxylic acids is 1. The van der Waals surface area contributed by atoms with Crippen LogP contribution in [0, 0.1) is 6.92 Å². The van der Waals surface area contributed by atoms with E-state index >= 15 is 0 Å². The van der Waals surface area contributed by atoms with Crippen molar-refractivity contribution in [2.75, 3.05) is 27.2 Å². The zero-order valence-electron chi connectivity index (χ0n) is 17.5. The normalized spacial score (nSPS) is 11.0. The minimum atomic E-state index is -1.12. The largest absolute Gasteiger partial charge is 0.492 e. The number of pyridine rings is 2. The SMILES string of the molecule is Cc1cnc(-c2ccc(C(=O)O)nc2-c2ccc(Cl)c(OCCCN(C)C)c2)c(Cl)c1. The lowest BCUT2D eigenvalue weighted by Gasteiger charge is -2.14. The number of hydrogen-bond donors (Lipinski definition) is 1. The van der Waals surface area contributed by atoms with Crippen LogP contribution in [0.5, 0.6) is 5.75 Å². The van der Waals surface area contributed by atoms with Crippen molar-refractivity contribution in [3.63, 3.8) is 0 Å². The highest BCUT2D eigenvalue weighted by molar-refractivity contribution is 6.33. The van der Waals surface area contributed by atoms with Crippen LogP contribution in [0.25, 0.3) is 22.5 Å². The summed E-state index contributed by atoms with van der Waals surface area (Å²) in [4.78, 5) is 22.4. The van der Waals surface area contributed by atoms with Crippen LogP contribution in [0.2, 0.25) is 10.0 Å². The molecule has 2 aromatic heterocycles. The summed E-state index contributed by atoms with van der Waals surface area (Å²) in [5, 5.41) is 10.4. The minimum absolute atomic E-state index is 0.0783. The summed E-state index contributed by atoms with van der Waals surface area (Å²) >= 11 is 12.8. The fourth-order valence-corrected chi connectivity index (χ4v) is 3.54. The van der Waals surface area contributed by atoms with E-state index in [1.165, 1.54) is 6.07 Å². The second kappa shape index (κ2) is 10.1. The maximum absolute atomic E-state index is 11.5. The van der Waals surface area contributed by atoms with Gasteiger partial charge in [-0.25, -0.2) is 9.78 Å². The molecular formula is C23H23Cl2N3O3. The summed E-state index contributed by atoms with van der Waals surface area (Å²) in [6.07, 6.45) is 2.55. The summed E-state index contributed by atoms with van der Waals surface area (Å²) in [7, 11) is 4.00. The smallest absolute Gasteiger partial charge is 0.354 e. The van der Waals surface area contributed by atoms with Gasteiger partial charge in [0.2, 0.25) is 0 Å². The van der Waals surface area contributed by atoms with Gasteiger partial charge in [0.25, 0.3) is 0 Å². The number of carboxylic acid groups (broad SMARTS) is 1. The molecule has 1 aromatic carbocycles. The zero-order chi connectivity index (χ0) is 22.5. The van der Waals surface area contributed by atoms with Crippen molar-refractivity contribution < 1.29 is 14.6 Å². The third-order valence-corrected chi connectivity index (χ3v) is 5.16. The van der Waals surface area contributed by atoms with Crippen molar-refractivity contribution in [3.05, 3.63) is 63.9 Å². The zero-order valence-corrected chi connectivity index (χ0v) is 19.0. The van der Waals surface area contributed by atoms with E-state index in [-0.39, 0.29) is 5.69 Å². The van der Waals surface area contributed by atoms with Crippen molar-refractivity contribution in [1.29, 1.82) is 0 Å². The van der Waals surface area contributed by atoms with Crippen LogP contribution in [0.3, 0.4) is 0 Å². The first-order chi connectivity index (χ1) is 14.8. The number of hydrogen-bond acceptors (Lipinski definition) is 5. The average Bonchev–Trinajstić information content (AvgIpc) is 2.72. The number of aromatic nitrogens is 2. The maximum atomic E-state index is 11.5. The molecule has 3 rings (SSSR count). The second-order valence-electron chi connectivity index (χ2n) is 7.39. The molecular weight excluding hydrogens is 437 g/mol. The Balaban J connectivity index is 2.05. The van der Waals surface area contributed by atoms with Gasteiger partial charge in [-0.3, -0.25) is 4.98 Å². The lowest BCUT2D eigenvalue weighted by atomic mass is 10.0. The highest BCUT2D eigenvalue weighted by Crippen LogP contribution is 2.37. The number of nitrogens with zero attached hydrogens (tertiary/aromatic N) is 3. The Hall–Kier alpha value is -2.67. The Morgan fingerprint density at radius 2 is 1.87 bits per heavy atom. The average molecular weight is 460 g/mol. The van der Waals surface area contributed by atoms with Crippen LogP contribution in [-0.4, -0.2) is 53.2 Å². The van der Waals surface area contributed by atoms with E-state index in [4.69, 9.17) is 27.9 Å². The Kier molecular flexibility index (Phi) is 7.49. The predicted molar refractivity (Wildman–Crippen MR) is 123 cm³/mol. The molecule has 0 saturated heterocycles. The Morgan fingerprint density at radius 3 is 2.55 bits per heavy atom. The molecule has 0 amide bonds. The van der Waals surface area contributed by atoms with Crippen LogP contribution in [0.4, 0.5) is 0 Å². The van der Waals surface area contributed by atoms with Crippen LogP contribution in [0.1, 0.15) is 22.5 Å². The molecule has 3 aromatic rings. The van der Waals surface area contributed by atoms with Crippen molar-refractivity contribution in [3.8, 4) is 28.3 Å². The van der Waals surface area contributed by atoms with Gasteiger partial charge in [-0.1, -0.05) is 29.3 Å². The van der Waals surface area contributed by atoms with Crippen LogP contribution < -0.4 is 4.74 Å². The van der Waals surface area contributed by atoms with E-state index < -0.39 is 5.97 Å². The maximum Gasteiger partial charge on any atom is 0.354 e. The third kappa shape index (κ3) is 5.73. The van der Waals surface area contributed by atoms with Gasteiger partial charge in [0, 0.05) is 23.9 Å². The fourth-order valence-electron chi connectivity index (χ4n) is 3.05. The van der Waals surface area contributed by atoms with Crippen LogP contribution >= 0.6 is 23.2 Å². The molecule has 6 nitrogen and oxygen atoms in total. The van der Waals surface area contributed by atoms with Crippen molar-refractivity contribution in [2.24, 2.45) is 0 Å². The molecule has 0 atom stereocenters. The lowest BCUT2D eigenvalue weighted by Crippen LogP contribution is -2.15. The lowest BCUT2D eigenvalue weighted by molar-refractivity contribution is 0.0690. The number of aryl methyl sites for hydroxylation is 1. The van der Waals surface area contributed by atoms with Gasteiger partial charge in [-0.2, -0.15) is 0 Å². The number of aromatic carboxylic acids is 1. The molecule has 0 aliphatic rings. The van der Waals surface area contributed by atoms with Gasteiger partial charge >= 0.3 is 5.97 Å². The minimum Gasteiger partial charge on any atom is -0.492 e. The number of halogens is 2. The monoisotopic (exact) mass is 459 g/mol. The Bertz CT molecular complexity index is 1100. The first-order valence-corrected chi connectivity index (χ1v) is 10.5. The van der Waals surface area contributed by atoms with Gasteiger partial charge in [0.05, 0.1) is 28.0 Å². The van der Waals surface area contributed by atoms with E-state index in [0.29, 0.717) is 44.9 Å². The number of carbonyl (C=O) groups is 1. The molecule has 0 unspecified atom stereocenters. The summed E-state index contributed by atoms with van der Waals surface area (Å²) in [6, 6.07) is 10.2. The van der Waals surface area contributed by atoms with Gasteiger partial charge in [0.1, 0.15) is 11.4 Å². The molecule has 0 aliphatic heterocycles. The number of rotatable bonds is 8. The fraction of sp³-hybridized carbons (Fsp3) is 0.261. The highest BCUT2D eigenvalue weighted by atomic mass is 35.5. The van der Waals surface area contributed by atoms with Crippen molar-refractivity contribution >= 4 is 29.2 Å². The van der Waals surface area contributed by atoms with E-state index in [0.717, 1.165) is 18.5 Å². The standard InChI is InChI=1S/C23H23Cl2N3O3/c1-14-11-18(25)22(26-13-14)16-6-8-19(23(29)30)27-21(16)15-5-7-17(24)20(12-15)31-10-4-9-28(2)3/h5-8,11-13H,4,9-10H2,1-3H3,(H,29,30). The summed E-state index contributed by atoms with van der Waals surface area (Å²) < 4.78 is 5.87. The van der Waals surface area contributed by atoms with E-state index in [1.54, 1.807) is 36.5 Å². The van der Waals surface area contributed by atoms with E-state index in [2.05, 4.69) is 14.9 Å². The van der Waals surface area contributed by atoms with Crippen molar-refractivity contribution in [2.45, 2.75) is 13.3 Å². The van der Waals surface area contributed by atoms with Crippen LogP contribution in [0.15, 0.2) is 42.6 Å². The van der Waals surface area contributed by atoms with Crippen LogP contribution in [-0.2, 0) is 0 Å². The molecule has 0 saturated carbocycles. The quantitative estimate of drug-likeness (QED) is 0.451. The van der Waals surface area contributed by atoms with Gasteiger partial charge in [-0.15, -0.1) is 0 Å². The molecule has 31 heavy (non-hydrogen) atoms.